The molecule has 0 amide bonds. The van der Waals surface area contributed by atoms with Crippen LogP contribution in [0, 0.1) is 0 Å². The third kappa shape index (κ3) is 4.23. The van der Waals surface area contributed by atoms with Crippen LogP contribution in [0.15, 0.2) is 36.5 Å². The van der Waals surface area contributed by atoms with E-state index in [9.17, 15) is 4.79 Å². The van der Waals surface area contributed by atoms with Gasteiger partial charge in [-0.3, -0.25) is 4.98 Å². The highest BCUT2D eigenvalue weighted by molar-refractivity contribution is 5.87. The van der Waals surface area contributed by atoms with Crippen molar-refractivity contribution in [2.24, 2.45) is 0 Å². The Labute approximate surface area is 94.9 Å². The Morgan fingerprint density at radius 2 is 2.31 bits per heavy atom. The van der Waals surface area contributed by atoms with Gasteiger partial charge in [-0.05, 0) is 19.1 Å². The Balaban J connectivity index is 2.26. The number of aromatic nitrogens is 1. The van der Waals surface area contributed by atoms with E-state index in [4.69, 9.17) is 9.47 Å². The topological polar surface area (TPSA) is 48.4 Å². The number of carbonyl (C=O) groups excluding carboxylic acids is 1. The highest BCUT2D eigenvalue weighted by Gasteiger charge is 2.07. The fourth-order valence-corrected chi connectivity index (χ4v) is 1.05. The van der Waals surface area contributed by atoms with E-state index in [2.05, 4.69) is 11.6 Å². The van der Waals surface area contributed by atoms with E-state index >= 15 is 0 Å². The van der Waals surface area contributed by atoms with Crippen LogP contribution in [0.25, 0.3) is 0 Å². The van der Waals surface area contributed by atoms with Gasteiger partial charge in [-0.1, -0.05) is 12.6 Å². The van der Waals surface area contributed by atoms with Gasteiger partial charge < -0.3 is 9.47 Å². The Bertz CT molecular complexity index is 349. The molecule has 1 aromatic rings. The maximum atomic E-state index is 11.2. The second-order valence-electron chi connectivity index (χ2n) is 3.14. The standard InChI is InChI=1S/C12H15NO3/c1-3-16-12(14)10(2)8-15-9-11-6-4-5-7-13-11/h4-7H,2-3,8-9H2,1H3. The molecule has 1 rings (SSSR count). The molecule has 0 aliphatic heterocycles. The van der Waals surface area contributed by atoms with Crippen molar-refractivity contribution in [2.75, 3.05) is 13.2 Å². The summed E-state index contributed by atoms with van der Waals surface area (Å²) < 4.78 is 10.1. The van der Waals surface area contributed by atoms with Crippen molar-refractivity contribution in [1.82, 2.24) is 4.98 Å². The van der Waals surface area contributed by atoms with Crippen LogP contribution in [0.3, 0.4) is 0 Å². The van der Waals surface area contributed by atoms with E-state index < -0.39 is 5.97 Å². The highest BCUT2D eigenvalue weighted by atomic mass is 16.5. The molecule has 4 nitrogen and oxygen atoms in total. The lowest BCUT2D eigenvalue weighted by molar-refractivity contribution is -0.139. The van der Waals surface area contributed by atoms with Crippen molar-refractivity contribution in [2.45, 2.75) is 13.5 Å². The minimum atomic E-state index is -0.413. The van der Waals surface area contributed by atoms with Crippen molar-refractivity contribution in [3.63, 3.8) is 0 Å². The van der Waals surface area contributed by atoms with Crippen LogP contribution in [0.4, 0.5) is 0 Å². The summed E-state index contributed by atoms with van der Waals surface area (Å²) in [5, 5.41) is 0. The summed E-state index contributed by atoms with van der Waals surface area (Å²) in [7, 11) is 0. The van der Waals surface area contributed by atoms with Crippen molar-refractivity contribution >= 4 is 5.97 Å². The number of rotatable bonds is 6. The predicted molar refractivity (Wildman–Crippen MR) is 59.7 cm³/mol. The minimum Gasteiger partial charge on any atom is -0.463 e. The molecule has 86 valence electrons. The molecule has 1 heterocycles. The van der Waals surface area contributed by atoms with Crippen molar-refractivity contribution < 1.29 is 14.3 Å². The molecule has 0 unspecified atom stereocenters. The van der Waals surface area contributed by atoms with Crippen LogP contribution in [0.2, 0.25) is 0 Å². The average Bonchev–Trinajstić information content (AvgIpc) is 2.30. The van der Waals surface area contributed by atoms with E-state index in [1.165, 1.54) is 0 Å². The van der Waals surface area contributed by atoms with Crippen LogP contribution in [0.5, 0.6) is 0 Å². The molecular formula is C12H15NO3. The summed E-state index contributed by atoms with van der Waals surface area (Å²) in [6.45, 7) is 6.20. The molecule has 0 spiro atoms. The second-order valence-corrected chi connectivity index (χ2v) is 3.14. The fourth-order valence-electron chi connectivity index (χ4n) is 1.05. The van der Waals surface area contributed by atoms with Gasteiger partial charge in [-0.25, -0.2) is 4.79 Å². The average molecular weight is 221 g/mol. The number of carbonyl (C=O) groups is 1. The largest absolute Gasteiger partial charge is 0.463 e. The number of nitrogens with zero attached hydrogens (tertiary/aromatic N) is 1. The molecule has 0 aromatic carbocycles. The molecule has 0 aliphatic rings. The van der Waals surface area contributed by atoms with Crippen LogP contribution >= 0.6 is 0 Å². The van der Waals surface area contributed by atoms with E-state index in [0.29, 0.717) is 18.8 Å². The molecule has 0 fully saturated rings. The summed E-state index contributed by atoms with van der Waals surface area (Å²) in [4.78, 5) is 15.3. The molecule has 4 heteroatoms. The first-order valence-corrected chi connectivity index (χ1v) is 5.06. The fraction of sp³-hybridized carbons (Fsp3) is 0.333. The Morgan fingerprint density at radius 1 is 1.50 bits per heavy atom. The molecule has 0 bridgehead atoms. The molecule has 0 atom stereocenters. The van der Waals surface area contributed by atoms with Crippen molar-refractivity contribution in [3.8, 4) is 0 Å². The van der Waals surface area contributed by atoms with E-state index in [0.717, 1.165) is 5.69 Å². The number of esters is 1. The molecule has 0 saturated carbocycles. The van der Waals surface area contributed by atoms with Gasteiger partial charge in [0, 0.05) is 6.20 Å². The summed E-state index contributed by atoms with van der Waals surface area (Å²) >= 11 is 0. The van der Waals surface area contributed by atoms with Gasteiger partial charge in [-0.15, -0.1) is 0 Å². The summed E-state index contributed by atoms with van der Waals surface area (Å²) in [6.07, 6.45) is 1.69. The summed E-state index contributed by atoms with van der Waals surface area (Å²) in [5.41, 5.74) is 1.14. The lowest BCUT2D eigenvalue weighted by Gasteiger charge is -2.06. The molecule has 0 saturated heterocycles. The first-order chi connectivity index (χ1) is 7.74. The third-order valence-corrected chi connectivity index (χ3v) is 1.82. The predicted octanol–water partition coefficient (Wildman–Crippen LogP) is 1.72. The SMILES string of the molecule is C=C(COCc1ccccn1)C(=O)OCC. The number of ether oxygens (including phenoxy) is 2. The van der Waals surface area contributed by atoms with Crippen LogP contribution in [-0.4, -0.2) is 24.2 Å². The monoisotopic (exact) mass is 221 g/mol. The molecular weight excluding hydrogens is 206 g/mol. The third-order valence-electron chi connectivity index (χ3n) is 1.82. The summed E-state index contributed by atoms with van der Waals surface area (Å²) in [6, 6.07) is 5.57. The first-order valence-electron chi connectivity index (χ1n) is 5.06. The number of hydrogen-bond donors (Lipinski definition) is 0. The van der Waals surface area contributed by atoms with Gasteiger partial charge in [0.15, 0.2) is 0 Å². The minimum absolute atomic E-state index is 0.162. The second kappa shape index (κ2) is 6.74. The lowest BCUT2D eigenvalue weighted by atomic mass is 10.3. The van der Waals surface area contributed by atoms with E-state index in [1.54, 1.807) is 13.1 Å². The maximum Gasteiger partial charge on any atom is 0.335 e. The normalized spacial score (nSPS) is 9.81. The Morgan fingerprint density at radius 3 is 2.94 bits per heavy atom. The van der Waals surface area contributed by atoms with Crippen LogP contribution in [-0.2, 0) is 20.9 Å². The molecule has 1 aromatic heterocycles. The zero-order valence-electron chi connectivity index (χ0n) is 9.31. The van der Waals surface area contributed by atoms with Gasteiger partial charge in [0.2, 0.25) is 0 Å². The van der Waals surface area contributed by atoms with Crippen molar-refractivity contribution in [1.29, 1.82) is 0 Å². The van der Waals surface area contributed by atoms with Crippen molar-refractivity contribution in [3.05, 3.63) is 42.2 Å². The molecule has 0 N–H and O–H groups in total. The Hall–Kier alpha value is -1.68. The molecule has 16 heavy (non-hydrogen) atoms. The van der Waals surface area contributed by atoms with Gasteiger partial charge in [0.25, 0.3) is 0 Å². The van der Waals surface area contributed by atoms with E-state index in [-0.39, 0.29) is 6.61 Å². The van der Waals surface area contributed by atoms with Gasteiger partial charge in [0.1, 0.15) is 0 Å². The quantitative estimate of drug-likeness (QED) is 0.542. The van der Waals surface area contributed by atoms with Gasteiger partial charge >= 0.3 is 5.97 Å². The summed E-state index contributed by atoms with van der Waals surface area (Å²) in [5.74, 6) is -0.413. The van der Waals surface area contributed by atoms with Gasteiger partial charge in [-0.2, -0.15) is 0 Å². The van der Waals surface area contributed by atoms with Crippen LogP contribution in [0.1, 0.15) is 12.6 Å². The Kier molecular flexibility index (Phi) is 5.22. The molecule has 0 aliphatic carbocycles. The molecule has 0 radical (unpaired) electrons. The highest BCUT2D eigenvalue weighted by Crippen LogP contribution is 2.00. The number of pyridine rings is 1. The van der Waals surface area contributed by atoms with E-state index in [1.807, 2.05) is 18.2 Å². The lowest BCUT2D eigenvalue weighted by Crippen LogP contribution is -2.11. The maximum absolute atomic E-state index is 11.2. The van der Waals surface area contributed by atoms with Crippen LogP contribution < -0.4 is 0 Å². The number of hydrogen-bond acceptors (Lipinski definition) is 4. The smallest absolute Gasteiger partial charge is 0.335 e. The first kappa shape index (κ1) is 12.4. The van der Waals surface area contributed by atoms with Gasteiger partial charge in [0.05, 0.1) is 31.1 Å². The zero-order chi connectivity index (χ0) is 11.8. The zero-order valence-corrected chi connectivity index (χ0v) is 9.31.